The van der Waals surface area contributed by atoms with Crippen LogP contribution in [0.5, 0.6) is 0 Å². The van der Waals surface area contributed by atoms with Crippen molar-refractivity contribution in [2.45, 2.75) is 0 Å². The zero-order chi connectivity index (χ0) is 30.6. The Kier molecular flexibility index (Phi) is 5.90. The van der Waals surface area contributed by atoms with Gasteiger partial charge < -0.3 is 8.83 Å². The quantitative estimate of drug-likeness (QED) is 0.126. The summed E-state index contributed by atoms with van der Waals surface area (Å²) < 4.78 is 12.5. The van der Waals surface area contributed by atoms with Crippen LogP contribution in [0.1, 0.15) is 11.1 Å². The molecule has 0 amide bonds. The summed E-state index contributed by atoms with van der Waals surface area (Å²) >= 11 is 0. The Morgan fingerprint density at radius 1 is 0.652 bits per heavy atom. The second-order valence-electron chi connectivity index (χ2n) is 11.4. The van der Waals surface area contributed by atoms with Gasteiger partial charge in [-0.3, -0.25) is 5.41 Å². The second-order valence-corrected chi connectivity index (χ2v) is 11.4. The van der Waals surface area contributed by atoms with E-state index in [1.807, 2.05) is 78.9 Å². The number of nitrogens with zero attached hydrogens (tertiary/aromatic N) is 2. The van der Waals surface area contributed by atoms with Gasteiger partial charge in [-0.1, -0.05) is 84.9 Å². The van der Waals surface area contributed by atoms with Crippen LogP contribution in [0.3, 0.4) is 0 Å². The van der Waals surface area contributed by atoms with Crippen molar-refractivity contribution in [2.75, 3.05) is 0 Å². The number of furan rings is 1. The molecule has 0 bridgehead atoms. The molecule has 0 atom stereocenters. The average molecular weight is 592 g/mol. The molecule has 5 heteroatoms. The Morgan fingerprint density at radius 3 is 2.24 bits per heavy atom. The maximum Gasteiger partial charge on any atom is 0.227 e. The van der Waals surface area contributed by atoms with E-state index in [1.54, 1.807) is 6.08 Å². The third-order valence-electron chi connectivity index (χ3n) is 8.51. The molecule has 0 saturated heterocycles. The van der Waals surface area contributed by atoms with E-state index in [-0.39, 0.29) is 0 Å². The molecule has 1 aliphatic rings. The smallest absolute Gasteiger partial charge is 0.227 e. The Labute approximate surface area is 263 Å². The first-order chi connectivity index (χ1) is 22.7. The second kappa shape index (κ2) is 10.4. The Hall–Kier alpha value is -6.33. The first-order valence-corrected chi connectivity index (χ1v) is 15.2. The van der Waals surface area contributed by atoms with Gasteiger partial charge in [0, 0.05) is 16.5 Å². The van der Waals surface area contributed by atoms with Crippen LogP contribution < -0.4 is 0 Å². The van der Waals surface area contributed by atoms with E-state index >= 15 is 0 Å². The highest BCUT2D eigenvalue weighted by Crippen LogP contribution is 2.39. The van der Waals surface area contributed by atoms with Crippen LogP contribution in [-0.4, -0.2) is 16.4 Å². The summed E-state index contributed by atoms with van der Waals surface area (Å²) in [4.78, 5) is 9.88. The van der Waals surface area contributed by atoms with Gasteiger partial charge in [0.05, 0.1) is 22.5 Å². The average Bonchev–Trinajstić information content (AvgIpc) is 3.70. The summed E-state index contributed by atoms with van der Waals surface area (Å²) in [6.07, 6.45) is 9.49. The maximum atomic E-state index is 8.39. The lowest BCUT2D eigenvalue weighted by Crippen LogP contribution is -2.09. The summed E-state index contributed by atoms with van der Waals surface area (Å²) in [6.45, 7) is 0. The maximum absolute atomic E-state index is 8.39. The number of aromatic nitrogens is 1. The highest BCUT2D eigenvalue weighted by atomic mass is 16.4. The lowest BCUT2D eigenvalue weighted by atomic mass is 9.97. The van der Waals surface area contributed by atoms with Crippen molar-refractivity contribution in [3.8, 4) is 11.5 Å². The largest absolute Gasteiger partial charge is 0.456 e. The lowest BCUT2D eigenvalue weighted by Gasteiger charge is -2.10. The molecule has 0 unspecified atom stereocenters. The molecule has 216 valence electrons. The van der Waals surface area contributed by atoms with Crippen LogP contribution in [0.25, 0.3) is 77.8 Å². The highest BCUT2D eigenvalue weighted by Gasteiger charge is 2.18. The van der Waals surface area contributed by atoms with Gasteiger partial charge >= 0.3 is 0 Å². The molecule has 0 fully saturated rings. The van der Waals surface area contributed by atoms with Crippen molar-refractivity contribution < 1.29 is 8.83 Å². The fourth-order valence-corrected chi connectivity index (χ4v) is 6.26. The van der Waals surface area contributed by atoms with E-state index in [0.717, 1.165) is 77.0 Å². The first kappa shape index (κ1) is 26.1. The number of oxazole rings is 1. The van der Waals surface area contributed by atoms with Crippen molar-refractivity contribution >= 4 is 77.8 Å². The van der Waals surface area contributed by atoms with Crippen molar-refractivity contribution in [3.63, 3.8) is 0 Å². The molecule has 1 N–H and O–H groups in total. The summed E-state index contributed by atoms with van der Waals surface area (Å²) in [5, 5.41) is 14.8. The van der Waals surface area contributed by atoms with Crippen LogP contribution in [0.2, 0.25) is 0 Å². The minimum atomic E-state index is 0.390. The SMILES string of the molecule is N=C1C=CC=CC1=N/C(=C/c1ccccc1)c1ccc2c(ccc3cc4oc5ccc6oc(-c7ccccc7)nc6c5c4cc32)c1. The van der Waals surface area contributed by atoms with E-state index in [0.29, 0.717) is 17.3 Å². The Bertz CT molecular complexity index is 2640. The molecule has 6 aromatic carbocycles. The van der Waals surface area contributed by atoms with Crippen molar-refractivity contribution in [2.24, 2.45) is 4.99 Å². The molecule has 0 aliphatic heterocycles. The van der Waals surface area contributed by atoms with Crippen LogP contribution in [0, 0.1) is 5.41 Å². The molecule has 2 heterocycles. The van der Waals surface area contributed by atoms with Crippen LogP contribution in [0.4, 0.5) is 0 Å². The van der Waals surface area contributed by atoms with Crippen LogP contribution in [0.15, 0.2) is 153 Å². The predicted molar refractivity (Wildman–Crippen MR) is 189 cm³/mol. The Morgan fingerprint density at radius 2 is 1.41 bits per heavy atom. The normalized spacial score (nSPS) is 14.6. The molecule has 46 heavy (non-hydrogen) atoms. The van der Waals surface area contributed by atoms with E-state index in [2.05, 4.69) is 60.7 Å². The molecule has 9 rings (SSSR count). The van der Waals surface area contributed by atoms with Crippen LogP contribution >= 0.6 is 0 Å². The topological polar surface area (TPSA) is 75.4 Å². The monoisotopic (exact) mass is 591 g/mol. The van der Waals surface area contributed by atoms with Gasteiger partial charge in [-0.2, -0.15) is 0 Å². The minimum absolute atomic E-state index is 0.390. The summed E-state index contributed by atoms with van der Waals surface area (Å²) in [6, 6.07) is 39.1. The number of nitrogens with one attached hydrogen (secondary N) is 1. The molecular formula is C41H25N3O2. The molecule has 1 aliphatic carbocycles. The van der Waals surface area contributed by atoms with Crippen LogP contribution in [-0.2, 0) is 0 Å². The van der Waals surface area contributed by atoms with Gasteiger partial charge in [0.2, 0.25) is 5.89 Å². The lowest BCUT2D eigenvalue weighted by molar-refractivity contribution is 0.619. The third-order valence-corrected chi connectivity index (χ3v) is 8.51. The van der Waals surface area contributed by atoms with E-state index < -0.39 is 0 Å². The van der Waals surface area contributed by atoms with Gasteiger partial charge in [0.1, 0.15) is 16.7 Å². The molecule has 0 radical (unpaired) electrons. The van der Waals surface area contributed by atoms with Crippen molar-refractivity contribution in [1.29, 1.82) is 5.41 Å². The standard InChI is InChI=1S/C41H25N3O2/c42-33-13-7-8-14-34(33)43-35(21-25-9-3-1-4-10-25)29-17-18-30-27(22-29)15-16-28-23-38-32(24-31(28)30)39-36(45-38)19-20-37-40(39)44-41(46-37)26-11-5-2-6-12-26/h1-24,42H/b35-21+,42-33?,43-34?. The number of allylic oxidation sites excluding steroid dienone is 4. The fourth-order valence-electron chi connectivity index (χ4n) is 6.26. The number of rotatable bonds is 4. The highest BCUT2D eigenvalue weighted by molar-refractivity contribution is 6.50. The van der Waals surface area contributed by atoms with Gasteiger partial charge in [-0.25, -0.2) is 9.98 Å². The minimum Gasteiger partial charge on any atom is -0.456 e. The molecule has 8 aromatic rings. The first-order valence-electron chi connectivity index (χ1n) is 15.2. The summed E-state index contributed by atoms with van der Waals surface area (Å²) in [5.74, 6) is 0.592. The van der Waals surface area contributed by atoms with Gasteiger partial charge in [0.15, 0.2) is 5.58 Å². The summed E-state index contributed by atoms with van der Waals surface area (Å²) in [7, 11) is 0. The molecule has 0 spiro atoms. The molecule has 0 saturated carbocycles. The number of aliphatic imine (C=N–C) groups is 1. The third kappa shape index (κ3) is 4.37. The van der Waals surface area contributed by atoms with E-state index in [1.165, 1.54) is 0 Å². The van der Waals surface area contributed by atoms with Gasteiger partial charge in [0.25, 0.3) is 0 Å². The van der Waals surface area contributed by atoms with Crippen molar-refractivity contribution in [3.05, 3.63) is 151 Å². The zero-order valence-corrected chi connectivity index (χ0v) is 24.6. The summed E-state index contributed by atoms with van der Waals surface area (Å²) in [5.41, 5.74) is 7.90. The number of fused-ring (bicyclic) bond motifs is 8. The number of benzene rings is 6. The van der Waals surface area contributed by atoms with Crippen molar-refractivity contribution in [1.82, 2.24) is 4.98 Å². The number of hydrogen-bond donors (Lipinski definition) is 1. The molecule has 5 nitrogen and oxygen atoms in total. The fraction of sp³-hybridized carbons (Fsp3) is 0. The molecular weight excluding hydrogens is 566 g/mol. The van der Waals surface area contributed by atoms with E-state index in [4.69, 9.17) is 24.2 Å². The van der Waals surface area contributed by atoms with Gasteiger partial charge in [-0.05, 0) is 87.8 Å². The number of hydrogen-bond acceptors (Lipinski definition) is 5. The Balaban J connectivity index is 1.22. The predicted octanol–water partition coefficient (Wildman–Crippen LogP) is 10.8. The zero-order valence-electron chi connectivity index (χ0n) is 24.6. The molecule has 2 aromatic heterocycles. The van der Waals surface area contributed by atoms with Gasteiger partial charge in [-0.15, -0.1) is 0 Å². The van der Waals surface area contributed by atoms with E-state index in [9.17, 15) is 0 Å².